The second kappa shape index (κ2) is 9.67. The Morgan fingerprint density at radius 3 is 2.38 bits per heavy atom. The molecule has 136 valence electrons. The van der Waals surface area contributed by atoms with Crippen molar-refractivity contribution in [2.45, 2.75) is 39.7 Å². The molecule has 1 aliphatic rings. The summed E-state index contributed by atoms with van der Waals surface area (Å²) >= 11 is 0. The van der Waals surface area contributed by atoms with Crippen molar-refractivity contribution in [3.8, 4) is 0 Å². The van der Waals surface area contributed by atoms with E-state index in [0.29, 0.717) is 6.04 Å². The summed E-state index contributed by atoms with van der Waals surface area (Å²) in [6.07, 6.45) is 2.54. The number of fused-ring (bicyclic) bond motifs is 1. The van der Waals surface area contributed by atoms with Gasteiger partial charge in [0.25, 0.3) is 0 Å². The van der Waals surface area contributed by atoms with Crippen molar-refractivity contribution >= 4 is 35.7 Å². The number of aryl methyl sites for hydroxylation is 1. The van der Waals surface area contributed by atoms with Gasteiger partial charge in [-0.3, -0.25) is 4.90 Å². The van der Waals surface area contributed by atoms with Gasteiger partial charge in [-0.2, -0.15) is 0 Å². The Morgan fingerprint density at radius 2 is 1.71 bits per heavy atom. The van der Waals surface area contributed by atoms with Crippen molar-refractivity contribution in [2.24, 2.45) is 5.92 Å². The maximum Gasteiger partial charge on any atom is 0.0459 e. The molecule has 1 aliphatic heterocycles. The van der Waals surface area contributed by atoms with Crippen LogP contribution in [-0.2, 0) is 0 Å². The van der Waals surface area contributed by atoms with E-state index in [4.69, 9.17) is 0 Å². The molecule has 0 amide bonds. The Hall–Kier alpha value is -0.740. The second-order valence-corrected chi connectivity index (χ2v) is 6.98. The van der Waals surface area contributed by atoms with Crippen LogP contribution >= 0.6 is 24.8 Å². The molecular weight excluding hydrogens is 341 g/mol. The fourth-order valence-corrected chi connectivity index (χ4v) is 3.72. The van der Waals surface area contributed by atoms with Crippen LogP contribution in [0, 0.1) is 12.8 Å². The van der Waals surface area contributed by atoms with Gasteiger partial charge in [-0.05, 0) is 37.3 Å². The van der Waals surface area contributed by atoms with Crippen LogP contribution < -0.4 is 5.32 Å². The smallest absolute Gasteiger partial charge is 0.0459 e. The number of aromatic nitrogens is 1. The average molecular weight is 372 g/mol. The van der Waals surface area contributed by atoms with E-state index in [0.717, 1.165) is 32.1 Å². The summed E-state index contributed by atoms with van der Waals surface area (Å²) in [6.45, 7) is 11.4. The highest BCUT2D eigenvalue weighted by Gasteiger charge is 2.26. The van der Waals surface area contributed by atoms with Gasteiger partial charge in [-0.15, -0.1) is 24.8 Å². The molecule has 1 aromatic carbocycles. The van der Waals surface area contributed by atoms with Crippen LogP contribution in [0.5, 0.6) is 0 Å². The first-order valence-corrected chi connectivity index (χ1v) is 8.68. The minimum atomic E-state index is 0. The van der Waals surface area contributed by atoms with Gasteiger partial charge in [0, 0.05) is 48.8 Å². The van der Waals surface area contributed by atoms with Crippen molar-refractivity contribution < 1.29 is 0 Å². The molecule has 0 saturated carbocycles. The molecule has 1 saturated heterocycles. The third-order valence-corrected chi connectivity index (χ3v) is 4.89. The third-order valence-electron chi connectivity index (χ3n) is 4.89. The van der Waals surface area contributed by atoms with Crippen LogP contribution in [0.25, 0.3) is 10.9 Å². The first-order valence-electron chi connectivity index (χ1n) is 8.68. The number of para-hydroxylation sites is 1. The first kappa shape index (κ1) is 21.3. The standard InChI is InChI=1S/C19H29N3.2ClH/c1-14(2)8-9-18(22-12-10-20-11-13-22)19-15(3)21-17-7-5-4-6-16(17)19;;/h4-7,14,18,20-21H,8-13H2,1-3H3;2*1H/t18-;;/m0../s1. The van der Waals surface area contributed by atoms with Gasteiger partial charge in [-0.1, -0.05) is 32.0 Å². The van der Waals surface area contributed by atoms with Crippen LogP contribution in [0.4, 0.5) is 0 Å². The number of hydrogen-bond donors (Lipinski definition) is 2. The molecule has 0 unspecified atom stereocenters. The molecule has 3 nitrogen and oxygen atoms in total. The van der Waals surface area contributed by atoms with Crippen molar-refractivity contribution in [2.75, 3.05) is 26.2 Å². The second-order valence-electron chi connectivity index (χ2n) is 6.98. The molecule has 0 spiro atoms. The fourth-order valence-electron chi connectivity index (χ4n) is 3.72. The van der Waals surface area contributed by atoms with Crippen molar-refractivity contribution in [3.05, 3.63) is 35.5 Å². The summed E-state index contributed by atoms with van der Waals surface area (Å²) in [5, 5.41) is 4.89. The lowest BCUT2D eigenvalue weighted by Gasteiger charge is -2.36. The number of H-pyrrole nitrogens is 1. The van der Waals surface area contributed by atoms with Crippen LogP contribution in [0.3, 0.4) is 0 Å². The molecule has 1 atom stereocenters. The summed E-state index contributed by atoms with van der Waals surface area (Å²) in [5.41, 5.74) is 4.14. The predicted molar refractivity (Wildman–Crippen MR) is 109 cm³/mol. The Kier molecular flexibility index (Phi) is 8.58. The molecule has 2 aromatic rings. The normalized spacial score (nSPS) is 16.7. The Balaban J connectivity index is 0.00000144. The summed E-state index contributed by atoms with van der Waals surface area (Å²) < 4.78 is 0. The first-order chi connectivity index (χ1) is 10.7. The van der Waals surface area contributed by atoms with Gasteiger partial charge in [0.1, 0.15) is 0 Å². The molecule has 5 heteroatoms. The molecule has 24 heavy (non-hydrogen) atoms. The van der Waals surface area contributed by atoms with Crippen LogP contribution in [0.2, 0.25) is 0 Å². The summed E-state index contributed by atoms with van der Waals surface area (Å²) in [6, 6.07) is 9.30. The number of halogens is 2. The maximum absolute atomic E-state index is 3.59. The number of hydrogen-bond acceptors (Lipinski definition) is 2. The summed E-state index contributed by atoms with van der Waals surface area (Å²) in [7, 11) is 0. The van der Waals surface area contributed by atoms with Gasteiger partial charge < -0.3 is 10.3 Å². The Labute approximate surface area is 158 Å². The van der Waals surface area contributed by atoms with Crippen LogP contribution in [-0.4, -0.2) is 36.1 Å². The Bertz CT molecular complexity index is 618. The van der Waals surface area contributed by atoms with Gasteiger partial charge in [0.2, 0.25) is 0 Å². The van der Waals surface area contributed by atoms with Gasteiger partial charge in [0.05, 0.1) is 0 Å². The van der Waals surface area contributed by atoms with E-state index >= 15 is 0 Å². The monoisotopic (exact) mass is 371 g/mol. The zero-order chi connectivity index (χ0) is 15.5. The molecule has 2 heterocycles. The van der Waals surface area contributed by atoms with E-state index in [1.54, 1.807) is 0 Å². The van der Waals surface area contributed by atoms with Crippen LogP contribution in [0.1, 0.15) is 44.0 Å². The minimum absolute atomic E-state index is 0. The zero-order valence-electron chi connectivity index (χ0n) is 15.0. The topological polar surface area (TPSA) is 31.1 Å². The molecule has 1 aromatic heterocycles. The lowest BCUT2D eigenvalue weighted by Crippen LogP contribution is -2.45. The summed E-state index contributed by atoms with van der Waals surface area (Å²) in [4.78, 5) is 6.27. The fraction of sp³-hybridized carbons (Fsp3) is 0.579. The largest absolute Gasteiger partial charge is 0.358 e. The van der Waals surface area contributed by atoms with E-state index in [9.17, 15) is 0 Å². The lowest BCUT2D eigenvalue weighted by atomic mass is 9.93. The minimum Gasteiger partial charge on any atom is -0.358 e. The number of benzene rings is 1. The van der Waals surface area contributed by atoms with Gasteiger partial charge in [0.15, 0.2) is 0 Å². The molecular formula is C19H31Cl2N3. The number of piperazine rings is 1. The number of nitrogens with one attached hydrogen (secondary N) is 2. The van der Waals surface area contributed by atoms with Crippen molar-refractivity contribution in [1.82, 2.24) is 15.2 Å². The summed E-state index contributed by atoms with van der Waals surface area (Å²) in [5.74, 6) is 0.760. The third kappa shape index (κ3) is 4.66. The SMILES string of the molecule is Cc1[nH]c2ccccc2c1[C@H](CCC(C)C)N1CCNCC1.Cl.Cl. The highest BCUT2D eigenvalue weighted by atomic mass is 35.5. The van der Waals surface area contributed by atoms with E-state index in [-0.39, 0.29) is 24.8 Å². The highest BCUT2D eigenvalue weighted by molar-refractivity contribution is 5.86. The van der Waals surface area contributed by atoms with Gasteiger partial charge >= 0.3 is 0 Å². The number of aromatic amines is 1. The quantitative estimate of drug-likeness (QED) is 0.797. The van der Waals surface area contributed by atoms with E-state index in [1.807, 2.05) is 0 Å². The molecule has 2 N–H and O–H groups in total. The molecule has 0 radical (unpaired) electrons. The van der Waals surface area contributed by atoms with Crippen molar-refractivity contribution in [1.29, 1.82) is 0 Å². The lowest BCUT2D eigenvalue weighted by molar-refractivity contribution is 0.160. The maximum atomic E-state index is 3.59. The highest BCUT2D eigenvalue weighted by Crippen LogP contribution is 2.35. The van der Waals surface area contributed by atoms with Crippen molar-refractivity contribution in [3.63, 3.8) is 0 Å². The number of rotatable bonds is 5. The van der Waals surface area contributed by atoms with Gasteiger partial charge in [-0.25, -0.2) is 0 Å². The van der Waals surface area contributed by atoms with E-state index < -0.39 is 0 Å². The number of nitrogens with zero attached hydrogens (tertiary/aromatic N) is 1. The molecule has 3 rings (SSSR count). The average Bonchev–Trinajstić information content (AvgIpc) is 2.85. The van der Waals surface area contributed by atoms with E-state index in [2.05, 4.69) is 60.2 Å². The molecule has 0 aliphatic carbocycles. The predicted octanol–water partition coefficient (Wildman–Crippen LogP) is 4.70. The van der Waals surface area contributed by atoms with E-state index in [1.165, 1.54) is 35.0 Å². The Morgan fingerprint density at radius 1 is 1.04 bits per heavy atom. The zero-order valence-corrected chi connectivity index (χ0v) is 16.6. The molecule has 1 fully saturated rings. The van der Waals surface area contributed by atoms with Crippen LogP contribution in [0.15, 0.2) is 24.3 Å². The molecule has 0 bridgehead atoms.